The third-order valence-corrected chi connectivity index (χ3v) is 6.87. The quantitative estimate of drug-likeness (QED) is 0.379. The molecular weight excluding hydrogens is 456 g/mol. The molecule has 0 saturated carbocycles. The molecule has 0 fully saturated rings. The molecule has 2 N–H and O–H groups in total. The minimum Gasteiger partial charge on any atom is -0.361 e. The number of para-hydroxylation sites is 1. The number of aromatic nitrogens is 2. The summed E-state index contributed by atoms with van der Waals surface area (Å²) in [5.74, 6) is -0.569. The average Bonchev–Trinajstić information content (AvgIpc) is 3.45. The standard InChI is InChI=1S/C25H25ClN4O2S/c1-3-23-28-17(15-33-23)14-30(2)25(32)22(29-24(31)19-9-4-6-10-20(19)26)12-16-13-27-21-11-7-5-8-18(16)21/h4-11,13,15,22,27H,3,12,14H2,1-2H3,(H,29,31). The third-order valence-electron chi connectivity index (χ3n) is 5.50. The zero-order valence-corrected chi connectivity index (χ0v) is 20.0. The van der Waals surface area contributed by atoms with E-state index in [1.165, 1.54) is 0 Å². The lowest BCUT2D eigenvalue weighted by molar-refractivity contribution is -0.132. The zero-order chi connectivity index (χ0) is 23.4. The second-order valence-corrected chi connectivity index (χ2v) is 9.20. The fraction of sp³-hybridized carbons (Fsp3) is 0.240. The number of rotatable bonds is 8. The molecule has 0 saturated heterocycles. The number of H-pyrrole nitrogens is 1. The number of carbonyl (C=O) groups excluding carboxylic acids is 2. The molecular formula is C25H25ClN4O2S. The minimum absolute atomic E-state index is 0.188. The van der Waals surface area contributed by atoms with Gasteiger partial charge in [-0.15, -0.1) is 11.3 Å². The Labute approximate surface area is 201 Å². The number of aryl methyl sites for hydroxylation is 1. The van der Waals surface area contributed by atoms with E-state index in [-0.39, 0.29) is 11.8 Å². The van der Waals surface area contributed by atoms with Crippen LogP contribution in [0.3, 0.4) is 0 Å². The van der Waals surface area contributed by atoms with Crippen LogP contribution < -0.4 is 5.32 Å². The van der Waals surface area contributed by atoms with Crippen LogP contribution in [0.1, 0.15) is 33.5 Å². The first-order valence-corrected chi connectivity index (χ1v) is 12.0. The van der Waals surface area contributed by atoms with Gasteiger partial charge in [-0.2, -0.15) is 0 Å². The van der Waals surface area contributed by atoms with Gasteiger partial charge in [-0.05, 0) is 30.2 Å². The molecule has 0 bridgehead atoms. The molecule has 0 radical (unpaired) electrons. The van der Waals surface area contributed by atoms with Crippen molar-refractivity contribution in [3.8, 4) is 0 Å². The van der Waals surface area contributed by atoms with Crippen molar-refractivity contribution in [3.63, 3.8) is 0 Å². The lowest BCUT2D eigenvalue weighted by Crippen LogP contribution is -2.48. The molecule has 0 aliphatic heterocycles. The lowest BCUT2D eigenvalue weighted by atomic mass is 10.0. The Bertz CT molecular complexity index is 1280. The molecule has 2 amide bonds. The number of aromatic amines is 1. The summed E-state index contributed by atoms with van der Waals surface area (Å²) in [7, 11) is 1.73. The largest absolute Gasteiger partial charge is 0.361 e. The van der Waals surface area contributed by atoms with Crippen LogP contribution in [0, 0.1) is 0 Å². The number of halogens is 1. The highest BCUT2D eigenvalue weighted by atomic mass is 35.5. The van der Waals surface area contributed by atoms with Crippen molar-refractivity contribution < 1.29 is 9.59 Å². The number of nitrogens with one attached hydrogen (secondary N) is 2. The summed E-state index contributed by atoms with van der Waals surface area (Å²) >= 11 is 7.81. The van der Waals surface area contributed by atoms with E-state index in [9.17, 15) is 9.59 Å². The average molecular weight is 481 g/mol. The molecule has 8 heteroatoms. The smallest absolute Gasteiger partial charge is 0.253 e. The van der Waals surface area contributed by atoms with Crippen LogP contribution in [0.15, 0.2) is 60.1 Å². The minimum atomic E-state index is -0.762. The van der Waals surface area contributed by atoms with Gasteiger partial charge in [0.1, 0.15) is 6.04 Å². The number of thiazole rings is 1. The van der Waals surface area contributed by atoms with E-state index in [2.05, 4.69) is 22.2 Å². The van der Waals surface area contributed by atoms with Gasteiger partial charge in [0, 0.05) is 35.9 Å². The summed E-state index contributed by atoms with van der Waals surface area (Å²) < 4.78 is 0. The van der Waals surface area contributed by atoms with E-state index in [1.54, 1.807) is 47.5 Å². The summed E-state index contributed by atoms with van der Waals surface area (Å²) in [4.78, 5) is 35.9. The van der Waals surface area contributed by atoms with Crippen LogP contribution in [0.25, 0.3) is 10.9 Å². The van der Waals surface area contributed by atoms with E-state index < -0.39 is 6.04 Å². The highest BCUT2D eigenvalue weighted by molar-refractivity contribution is 7.09. The Balaban J connectivity index is 1.58. The third kappa shape index (κ3) is 5.26. The number of amides is 2. The predicted molar refractivity (Wildman–Crippen MR) is 133 cm³/mol. The number of benzene rings is 2. The van der Waals surface area contributed by atoms with Gasteiger partial charge < -0.3 is 15.2 Å². The van der Waals surface area contributed by atoms with Crippen molar-refractivity contribution in [1.82, 2.24) is 20.2 Å². The molecule has 0 aliphatic carbocycles. The molecule has 33 heavy (non-hydrogen) atoms. The lowest BCUT2D eigenvalue weighted by Gasteiger charge is -2.24. The van der Waals surface area contributed by atoms with E-state index in [4.69, 9.17) is 11.6 Å². The van der Waals surface area contributed by atoms with Gasteiger partial charge in [0.25, 0.3) is 5.91 Å². The highest BCUT2D eigenvalue weighted by Gasteiger charge is 2.27. The summed E-state index contributed by atoms with van der Waals surface area (Å²) in [5, 5.41) is 7.29. The fourth-order valence-corrected chi connectivity index (χ4v) is 4.73. The van der Waals surface area contributed by atoms with E-state index in [0.717, 1.165) is 33.6 Å². The number of hydrogen-bond acceptors (Lipinski definition) is 4. The van der Waals surface area contributed by atoms with Crippen molar-refractivity contribution in [2.75, 3.05) is 7.05 Å². The Morgan fingerprint density at radius 3 is 2.70 bits per heavy atom. The van der Waals surface area contributed by atoms with Crippen LogP contribution in [0.5, 0.6) is 0 Å². The Kier molecular flexibility index (Phi) is 7.11. The second kappa shape index (κ2) is 10.2. The number of hydrogen-bond donors (Lipinski definition) is 2. The maximum absolute atomic E-state index is 13.5. The summed E-state index contributed by atoms with van der Waals surface area (Å²) in [5.41, 5.74) is 3.12. The van der Waals surface area contributed by atoms with Crippen LogP contribution in [0.2, 0.25) is 5.02 Å². The summed E-state index contributed by atoms with van der Waals surface area (Å²) in [6.45, 7) is 2.43. The van der Waals surface area contributed by atoms with Crippen LogP contribution >= 0.6 is 22.9 Å². The van der Waals surface area contributed by atoms with Crippen LogP contribution in [-0.4, -0.2) is 39.8 Å². The van der Waals surface area contributed by atoms with Crippen LogP contribution in [0.4, 0.5) is 0 Å². The van der Waals surface area contributed by atoms with Gasteiger partial charge in [0.2, 0.25) is 5.91 Å². The normalized spacial score (nSPS) is 12.0. The number of carbonyl (C=O) groups is 2. The monoisotopic (exact) mass is 480 g/mol. The fourth-order valence-electron chi connectivity index (χ4n) is 3.77. The van der Waals surface area contributed by atoms with Gasteiger partial charge in [0.05, 0.1) is 27.8 Å². The molecule has 6 nitrogen and oxygen atoms in total. The second-order valence-electron chi connectivity index (χ2n) is 7.85. The number of nitrogens with zero attached hydrogens (tertiary/aromatic N) is 2. The van der Waals surface area contributed by atoms with E-state index in [0.29, 0.717) is 23.6 Å². The van der Waals surface area contributed by atoms with Gasteiger partial charge in [-0.1, -0.05) is 48.9 Å². The van der Waals surface area contributed by atoms with Crippen LogP contribution in [-0.2, 0) is 24.2 Å². The summed E-state index contributed by atoms with van der Waals surface area (Å²) in [6.07, 6.45) is 3.10. The van der Waals surface area contributed by atoms with Gasteiger partial charge in [-0.25, -0.2) is 4.98 Å². The Morgan fingerprint density at radius 1 is 1.18 bits per heavy atom. The molecule has 2 aromatic heterocycles. The number of fused-ring (bicyclic) bond motifs is 1. The first-order valence-electron chi connectivity index (χ1n) is 10.7. The molecule has 1 atom stereocenters. The van der Waals surface area contributed by atoms with E-state index in [1.807, 2.05) is 35.8 Å². The molecule has 1 unspecified atom stereocenters. The molecule has 4 aromatic rings. The molecule has 4 rings (SSSR count). The molecule has 0 aliphatic rings. The van der Waals surface area contributed by atoms with Crippen molar-refractivity contribution >= 4 is 45.7 Å². The maximum atomic E-state index is 13.5. The van der Waals surface area contributed by atoms with Gasteiger partial charge in [-0.3, -0.25) is 9.59 Å². The van der Waals surface area contributed by atoms with Crippen molar-refractivity contribution in [1.29, 1.82) is 0 Å². The maximum Gasteiger partial charge on any atom is 0.253 e. The number of likely N-dealkylation sites (N-methyl/N-ethyl adjacent to an activating group) is 1. The van der Waals surface area contributed by atoms with Crippen molar-refractivity contribution in [2.45, 2.75) is 32.4 Å². The first-order chi connectivity index (χ1) is 16.0. The first kappa shape index (κ1) is 23.0. The SMILES string of the molecule is CCc1nc(CN(C)C(=O)C(Cc2c[nH]c3ccccc23)NC(=O)c2ccccc2Cl)cs1. The van der Waals surface area contributed by atoms with Crippen molar-refractivity contribution in [3.05, 3.63) is 87.0 Å². The molecule has 2 heterocycles. The highest BCUT2D eigenvalue weighted by Crippen LogP contribution is 2.21. The summed E-state index contributed by atoms with van der Waals surface area (Å²) in [6, 6.07) is 14.0. The molecule has 2 aromatic carbocycles. The van der Waals surface area contributed by atoms with Crippen molar-refractivity contribution in [2.24, 2.45) is 0 Å². The zero-order valence-electron chi connectivity index (χ0n) is 18.5. The predicted octanol–water partition coefficient (Wildman–Crippen LogP) is 4.84. The topological polar surface area (TPSA) is 78.1 Å². The molecule has 0 spiro atoms. The molecule has 170 valence electrons. The van der Waals surface area contributed by atoms with Gasteiger partial charge in [0.15, 0.2) is 0 Å². The Hall–Kier alpha value is -3.16. The Morgan fingerprint density at radius 2 is 1.94 bits per heavy atom. The van der Waals surface area contributed by atoms with Gasteiger partial charge >= 0.3 is 0 Å². The van der Waals surface area contributed by atoms with E-state index >= 15 is 0 Å².